The number of carbonyl (C=O) groups excluding carboxylic acids is 3. The van der Waals surface area contributed by atoms with Crippen LogP contribution in [0.3, 0.4) is 0 Å². The van der Waals surface area contributed by atoms with E-state index in [9.17, 15) is 14.4 Å². The summed E-state index contributed by atoms with van der Waals surface area (Å²) < 4.78 is 3.87. The second-order valence-electron chi connectivity index (χ2n) is 7.91. The SMILES string of the molecule is CCc1ccc(-n2c(C)c(C)[n+]3c2N=C2C3C(=O)N(C(C)C(C)=O)C(=O)N2C)cc1. The minimum atomic E-state index is -0.830. The summed E-state index contributed by atoms with van der Waals surface area (Å²) in [5, 5.41) is 0. The number of carbonyl (C=O) groups is 3. The molecule has 0 saturated carbocycles. The number of rotatable bonds is 4. The Hall–Kier alpha value is -3.29. The van der Waals surface area contributed by atoms with Gasteiger partial charge in [0, 0.05) is 7.05 Å². The number of fused-ring (bicyclic) bond motifs is 3. The standard InChI is InChI=1S/C22H26N5O3/c1-7-16-8-10-17(11-9-16)25-12(2)13(3)26-18-19(23-21(25)26)24(6)22(30)27(20(18)29)14(4)15(5)28/h8-11,14,18H,7H2,1-6H3/q+1. The summed E-state index contributed by atoms with van der Waals surface area (Å²) in [4.78, 5) is 45.3. The Balaban J connectivity index is 1.88. The number of aryl methyl sites for hydroxylation is 1. The number of aliphatic imine (C=N–C) groups is 1. The molecule has 1 aromatic carbocycles. The molecule has 0 radical (unpaired) electrons. The zero-order valence-electron chi connectivity index (χ0n) is 18.1. The Morgan fingerprint density at radius 3 is 2.40 bits per heavy atom. The van der Waals surface area contributed by atoms with Crippen molar-refractivity contribution in [3.8, 4) is 5.69 Å². The zero-order valence-corrected chi connectivity index (χ0v) is 18.1. The van der Waals surface area contributed by atoms with E-state index in [1.165, 1.54) is 17.4 Å². The third-order valence-corrected chi connectivity index (χ3v) is 6.24. The van der Waals surface area contributed by atoms with Gasteiger partial charge in [0.1, 0.15) is 17.1 Å². The lowest BCUT2D eigenvalue weighted by molar-refractivity contribution is -0.682. The first-order chi connectivity index (χ1) is 14.2. The number of imidazole rings is 1. The largest absolute Gasteiger partial charge is 0.407 e. The molecule has 2 atom stereocenters. The van der Waals surface area contributed by atoms with E-state index in [1.807, 2.05) is 35.1 Å². The molecule has 2 aromatic rings. The third-order valence-electron chi connectivity index (χ3n) is 6.24. The van der Waals surface area contributed by atoms with Gasteiger partial charge >= 0.3 is 12.0 Å². The van der Waals surface area contributed by atoms with Crippen molar-refractivity contribution in [1.29, 1.82) is 0 Å². The first kappa shape index (κ1) is 20.0. The number of hydrogen-bond donors (Lipinski definition) is 0. The molecule has 1 fully saturated rings. The Labute approximate surface area is 175 Å². The highest BCUT2D eigenvalue weighted by Gasteiger charge is 2.55. The maximum atomic E-state index is 13.4. The number of hydrogen-bond acceptors (Lipinski definition) is 4. The van der Waals surface area contributed by atoms with Crippen LogP contribution in [-0.2, 0) is 16.0 Å². The molecule has 3 heterocycles. The quantitative estimate of drug-likeness (QED) is 0.729. The molecule has 2 aliphatic heterocycles. The number of benzene rings is 1. The van der Waals surface area contributed by atoms with Crippen LogP contribution in [0.4, 0.5) is 10.7 Å². The van der Waals surface area contributed by atoms with Crippen LogP contribution in [0.15, 0.2) is 29.3 Å². The molecule has 8 heteroatoms. The summed E-state index contributed by atoms with van der Waals surface area (Å²) in [5.41, 5.74) is 4.04. The van der Waals surface area contributed by atoms with E-state index in [-0.39, 0.29) is 5.78 Å². The van der Waals surface area contributed by atoms with E-state index in [1.54, 1.807) is 14.0 Å². The number of imide groups is 1. The van der Waals surface area contributed by atoms with E-state index < -0.39 is 24.0 Å². The highest BCUT2D eigenvalue weighted by Crippen LogP contribution is 2.33. The lowest BCUT2D eigenvalue weighted by atomic mass is 10.1. The molecule has 1 aromatic heterocycles. The summed E-state index contributed by atoms with van der Waals surface area (Å²) in [6.45, 7) is 9.00. The molecule has 3 amide bonds. The fraction of sp³-hybridized carbons (Fsp3) is 0.409. The highest BCUT2D eigenvalue weighted by atomic mass is 16.2. The molecule has 8 nitrogen and oxygen atoms in total. The van der Waals surface area contributed by atoms with Crippen molar-refractivity contribution in [2.24, 2.45) is 4.99 Å². The van der Waals surface area contributed by atoms with Crippen LogP contribution in [0, 0.1) is 13.8 Å². The molecular formula is C22H26N5O3+. The lowest BCUT2D eigenvalue weighted by Crippen LogP contribution is -2.65. The first-order valence-electron chi connectivity index (χ1n) is 10.1. The summed E-state index contributed by atoms with van der Waals surface area (Å²) >= 11 is 0. The van der Waals surface area contributed by atoms with Gasteiger partial charge in [-0.3, -0.25) is 14.5 Å². The number of aromatic nitrogens is 2. The topological polar surface area (TPSA) is 78.9 Å². The van der Waals surface area contributed by atoms with Crippen molar-refractivity contribution >= 4 is 29.5 Å². The molecule has 30 heavy (non-hydrogen) atoms. The Bertz CT molecular complexity index is 1110. The lowest BCUT2D eigenvalue weighted by Gasteiger charge is -2.35. The maximum Gasteiger partial charge on any atom is 0.407 e. The number of urea groups is 1. The molecule has 0 spiro atoms. The van der Waals surface area contributed by atoms with Crippen LogP contribution >= 0.6 is 0 Å². The van der Waals surface area contributed by atoms with Crippen LogP contribution in [0.1, 0.15) is 43.8 Å². The zero-order chi connectivity index (χ0) is 21.9. The molecular weight excluding hydrogens is 382 g/mol. The van der Waals surface area contributed by atoms with Gasteiger partial charge in [-0.25, -0.2) is 14.3 Å². The van der Waals surface area contributed by atoms with Crippen molar-refractivity contribution in [3.63, 3.8) is 0 Å². The van der Waals surface area contributed by atoms with Gasteiger partial charge < -0.3 is 0 Å². The summed E-state index contributed by atoms with van der Waals surface area (Å²) in [7, 11) is 1.59. The number of likely N-dealkylation sites (N-methyl/N-ethyl adjacent to an activating group) is 1. The van der Waals surface area contributed by atoms with Gasteiger partial charge in [0.15, 0.2) is 5.78 Å². The normalized spacial score (nSPS) is 19.0. The third kappa shape index (κ3) is 2.63. The number of amidine groups is 1. The van der Waals surface area contributed by atoms with Crippen LogP contribution in [0.2, 0.25) is 0 Å². The van der Waals surface area contributed by atoms with Gasteiger partial charge in [-0.15, -0.1) is 0 Å². The number of Topliss-reactive ketones (excluding diaryl/α,β-unsaturated/α-hetero) is 1. The maximum absolute atomic E-state index is 13.4. The molecule has 156 valence electrons. The van der Waals surface area contributed by atoms with Gasteiger partial charge in [-0.1, -0.05) is 24.0 Å². The molecule has 0 aliphatic carbocycles. The number of amides is 3. The molecule has 2 unspecified atom stereocenters. The second kappa shape index (κ2) is 6.90. The van der Waals surface area contributed by atoms with E-state index in [4.69, 9.17) is 4.99 Å². The minimum absolute atomic E-state index is 0.241. The van der Waals surface area contributed by atoms with Crippen LogP contribution in [-0.4, -0.2) is 51.0 Å². The minimum Gasteiger partial charge on any atom is -0.298 e. The van der Waals surface area contributed by atoms with Gasteiger partial charge in [-0.05, 0) is 51.8 Å². The predicted octanol–water partition coefficient (Wildman–Crippen LogP) is 2.40. The fourth-order valence-electron chi connectivity index (χ4n) is 4.13. The molecule has 2 aliphatic rings. The molecule has 1 saturated heterocycles. The number of nitrogens with zero attached hydrogens (tertiary/aromatic N) is 5. The van der Waals surface area contributed by atoms with E-state index in [0.29, 0.717) is 11.8 Å². The Morgan fingerprint density at radius 1 is 1.20 bits per heavy atom. The second-order valence-corrected chi connectivity index (χ2v) is 7.91. The van der Waals surface area contributed by atoms with Crippen molar-refractivity contribution in [3.05, 3.63) is 41.2 Å². The van der Waals surface area contributed by atoms with Crippen molar-refractivity contribution in [2.45, 2.75) is 53.1 Å². The van der Waals surface area contributed by atoms with Crippen molar-refractivity contribution in [1.82, 2.24) is 14.4 Å². The highest BCUT2D eigenvalue weighted by molar-refractivity contribution is 6.20. The van der Waals surface area contributed by atoms with E-state index in [0.717, 1.165) is 28.4 Å². The van der Waals surface area contributed by atoms with Gasteiger partial charge in [0.25, 0.3) is 5.91 Å². The summed E-state index contributed by atoms with van der Waals surface area (Å²) in [6, 6.07) is 6.10. The monoisotopic (exact) mass is 408 g/mol. The Morgan fingerprint density at radius 2 is 1.83 bits per heavy atom. The summed E-state index contributed by atoms with van der Waals surface area (Å²) in [5.74, 6) is 0.314. The smallest absolute Gasteiger partial charge is 0.298 e. The summed E-state index contributed by atoms with van der Waals surface area (Å²) in [6.07, 6.45) is 0.951. The number of ketones is 1. The molecule has 4 rings (SSSR count). The molecule has 0 bridgehead atoms. The fourth-order valence-corrected chi connectivity index (χ4v) is 4.13. The predicted molar refractivity (Wildman–Crippen MR) is 111 cm³/mol. The van der Waals surface area contributed by atoms with E-state index >= 15 is 0 Å². The van der Waals surface area contributed by atoms with Crippen LogP contribution in [0.25, 0.3) is 5.69 Å². The van der Waals surface area contributed by atoms with Crippen LogP contribution < -0.4 is 4.57 Å². The molecule has 0 N–H and O–H groups in total. The first-order valence-corrected chi connectivity index (χ1v) is 10.1. The van der Waals surface area contributed by atoms with Gasteiger partial charge in [0.2, 0.25) is 11.9 Å². The van der Waals surface area contributed by atoms with Crippen LogP contribution in [0.5, 0.6) is 0 Å². The average Bonchev–Trinajstić information content (AvgIpc) is 3.22. The van der Waals surface area contributed by atoms with Gasteiger partial charge in [0.05, 0.1) is 6.04 Å². The van der Waals surface area contributed by atoms with E-state index in [2.05, 4.69) is 19.1 Å². The average molecular weight is 408 g/mol. The van der Waals surface area contributed by atoms with Crippen molar-refractivity contribution in [2.75, 3.05) is 7.05 Å². The Kier molecular flexibility index (Phi) is 4.60. The van der Waals surface area contributed by atoms with Crippen molar-refractivity contribution < 1.29 is 19.0 Å². The van der Waals surface area contributed by atoms with Gasteiger partial charge in [-0.2, -0.15) is 4.57 Å².